The summed E-state index contributed by atoms with van der Waals surface area (Å²) < 4.78 is 5.03. The van der Waals surface area contributed by atoms with E-state index in [1.165, 1.54) is 0 Å². The number of hydrogen-bond acceptors (Lipinski definition) is 4. The maximum atomic E-state index is 9.53. The predicted octanol–water partition coefficient (Wildman–Crippen LogP) is 0.932. The molecule has 0 aliphatic heterocycles. The van der Waals surface area contributed by atoms with Gasteiger partial charge in [-0.2, -0.15) is 0 Å². The lowest BCUT2D eigenvalue weighted by atomic mass is 10.0. The van der Waals surface area contributed by atoms with Gasteiger partial charge in [-0.15, -0.1) is 0 Å². The van der Waals surface area contributed by atoms with Gasteiger partial charge < -0.3 is 15.4 Å². The number of aryl methyl sites for hydroxylation is 2. The molecule has 0 amide bonds. The summed E-state index contributed by atoms with van der Waals surface area (Å²) in [6.45, 7) is 5.59. The zero-order valence-corrected chi connectivity index (χ0v) is 8.95. The van der Waals surface area contributed by atoms with Crippen molar-refractivity contribution in [2.75, 3.05) is 0 Å². The molecule has 0 saturated carbocycles. The molecule has 0 saturated heterocycles. The molecule has 0 aliphatic carbocycles. The molecule has 2 unspecified atom stereocenters. The molecular formula is C10H18N2O2. The van der Waals surface area contributed by atoms with E-state index in [1.54, 1.807) is 6.92 Å². The number of rotatable bonds is 4. The summed E-state index contributed by atoms with van der Waals surface area (Å²) >= 11 is 0. The molecule has 2 atom stereocenters. The van der Waals surface area contributed by atoms with Crippen LogP contribution in [0.5, 0.6) is 0 Å². The molecule has 0 fully saturated rings. The molecule has 80 valence electrons. The monoisotopic (exact) mass is 198 g/mol. The van der Waals surface area contributed by atoms with Gasteiger partial charge in [0.25, 0.3) is 0 Å². The van der Waals surface area contributed by atoms with Crippen molar-refractivity contribution in [1.29, 1.82) is 0 Å². The fourth-order valence-electron chi connectivity index (χ4n) is 1.41. The van der Waals surface area contributed by atoms with Crippen molar-refractivity contribution in [2.45, 2.75) is 45.8 Å². The molecule has 0 bridgehead atoms. The third kappa shape index (κ3) is 2.56. The van der Waals surface area contributed by atoms with E-state index in [-0.39, 0.29) is 6.04 Å². The number of nitrogens with two attached hydrogens (primary N) is 1. The molecule has 0 radical (unpaired) electrons. The molecule has 14 heavy (non-hydrogen) atoms. The zero-order valence-electron chi connectivity index (χ0n) is 8.95. The van der Waals surface area contributed by atoms with Crippen LogP contribution in [-0.2, 0) is 6.42 Å². The van der Waals surface area contributed by atoms with Crippen molar-refractivity contribution < 1.29 is 9.63 Å². The molecule has 4 heteroatoms. The highest BCUT2D eigenvalue weighted by Crippen LogP contribution is 2.15. The normalized spacial score (nSPS) is 15.5. The molecule has 1 aromatic heterocycles. The van der Waals surface area contributed by atoms with Gasteiger partial charge >= 0.3 is 0 Å². The van der Waals surface area contributed by atoms with Crippen LogP contribution in [0.4, 0.5) is 0 Å². The Balaban J connectivity index is 2.53. The average Bonchev–Trinajstić information content (AvgIpc) is 2.43. The number of nitrogens with zero attached hydrogens (tertiary/aromatic N) is 1. The van der Waals surface area contributed by atoms with E-state index in [9.17, 15) is 5.11 Å². The Hall–Kier alpha value is -0.870. The van der Waals surface area contributed by atoms with E-state index < -0.39 is 6.10 Å². The van der Waals surface area contributed by atoms with E-state index >= 15 is 0 Å². The topological polar surface area (TPSA) is 72.3 Å². The fraction of sp³-hybridized carbons (Fsp3) is 0.700. The van der Waals surface area contributed by atoms with E-state index in [1.807, 2.05) is 13.8 Å². The molecule has 3 N–H and O–H groups in total. The van der Waals surface area contributed by atoms with Gasteiger partial charge in [0, 0.05) is 11.6 Å². The first-order chi connectivity index (χ1) is 6.52. The van der Waals surface area contributed by atoms with Gasteiger partial charge in [-0.1, -0.05) is 5.16 Å². The van der Waals surface area contributed by atoms with E-state index in [0.717, 1.165) is 23.4 Å². The van der Waals surface area contributed by atoms with Crippen LogP contribution in [0.2, 0.25) is 0 Å². The lowest BCUT2D eigenvalue weighted by molar-refractivity contribution is 0.141. The van der Waals surface area contributed by atoms with Gasteiger partial charge in [-0.25, -0.2) is 0 Å². The van der Waals surface area contributed by atoms with E-state index in [4.69, 9.17) is 10.3 Å². The summed E-state index contributed by atoms with van der Waals surface area (Å²) in [5.41, 5.74) is 7.55. The van der Waals surface area contributed by atoms with Crippen molar-refractivity contribution >= 4 is 0 Å². The molecule has 0 spiro atoms. The smallest absolute Gasteiger partial charge is 0.137 e. The van der Waals surface area contributed by atoms with Gasteiger partial charge in [-0.3, -0.25) is 0 Å². The molecule has 1 heterocycles. The van der Waals surface area contributed by atoms with Crippen molar-refractivity contribution in [1.82, 2.24) is 5.16 Å². The minimum absolute atomic E-state index is 0.185. The number of aliphatic hydroxyl groups excluding tert-OH is 1. The summed E-state index contributed by atoms with van der Waals surface area (Å²) in [7, 11) is 0. The largest absolute Gasteiger partial charge is 0.392 e. The third-order valence-electron chi connectivity index (χ3n) is 2.48. The first-order valence-electron chi connectivity index (χ1n) is 4.87. The molecule has 1 aromatic rings. The quantitative estimate of drug-likeness (QED) is 0.755. The Kier molecular flexibility index (Phi) is 3.66. The van der Waals surface area contributed by atoms with Gasteiger partial charge in [0.05, 0.1) is 11.8 Å². The average molecular weight is 198 g/mol. The van der Waals surface area contributed by atoms with Gasteiger partial charge in [0.1, 0.15) is 5.76 Å². The summed E-state index contributed by atoms with van der Waals surface area (Å²) in [5, 5.41) is 13.4. The fourth-order valence-corrected chi connectivity index (χ4v) is 1.41. The zero-order chi connectivity index (χ0) is 10.7. The second kappa shape index (κ2) is 4.57. The minimum atomic E-state index is -0.455. The highest BCUT2D eigenvalue weighted by molar-refractivity contribution is 5.20. The lowest BCUT2D eigenvalue weighted by Gasteiger charge is -2.13. The van der Waals surface area contributed by atoms with E-state index in [0.29, 0.717) is 6.42 Å². The SMILES string of the molecule is Cc1noc(C)c1CCC(O)C(C)N. The second-order valence-electron chi connectivity index (χ2n) is 3.77. The van der Waals surface area contributed by atoms with Crippen molar-refractivity contribution in [3.8, 4) is 0 Å². The minimum Gasteiger partial charge on any atom is -0.392 e. The highest BCUT2D eigenvalue weighted by Gasteiger charge is 2.13. The molecule has 1 rings (SSSR count). The van der Waals surface area contributed by atoms with Gasteiger partial charge in [-0.05, 0) is 33.6 Å². The standard InChI is InChI=1S/C10H18N2O2/c1-6(11)10(13)5-4-9-7(2)12-14-8(9)3/h6,10,13H,4-5,11H2,1-3H3. The first-order valence-corrected chi connectivity index (χ1v) is 4.87. The third-order valence-corrected chi connectivity index (χ3v) is 2.48. The number of aromatic nitrogens is 1. The Morgan fingerprint density at radius 1 is 1.50 bits per heavy atom. The summed E-state index contributed by atoms with van der Waals surface area (Å²) in [6, 6.07) is -0.185. The second-order valence-corrected chi connectivity index (χ2v) is 3.77. The summed E-state index contributed by atoms with van der Waals surface area (Å²) in [5.74, 6) is 0.833. The van der Waals surface area contributed by atoms with Crippen LogP contribution in [0.3, 0.4) is 0 Å². The number of aliphatic hydroxyl groups is 1. The Morgan fingerprint density at radius 2 is 2.14 bits per heavy atom. The lowest BCUT2D eigenvalue weighted by Crippen LogP contribution is -2.31. The van der Waals surface area contributed by atoms with Crippen molar-refractivity contribution in [3.63, 3.8) is 0 Å². The van der Waals surface area contributed by atoms with Crippen LogP contribution < -0.4 is 5.73 Å². The van der Waals surface area contributed by atoms with Crippen LogP contribution in [0.15, 0.2) is 4.52 Å². The van der Waals surface area contributed by atoms with Gasteiger partial charge in [0.15, 0.2) is 0 Å². The van der Waals surface area contributed by atoms with E-state index in [2.05, 4.69) is 5.16 Å². The Labute approximate surface area is 84.1 Å². The first kappa shape index (κ1) is 11.2. The molecule has 4 nitrogen and oxygen atoms in total. The van der Waals surface area contributed by atoms with Crippen LogP contribution in [-0.4, -0.2) is 22.4 Å². The van der Waals surface area contributed by atoms with Crippen LogP contribution in [0.1, 0.15) is 30.4 Å². The maximum Gasteiger partial charge on any atom is 0.137 e. The highest BCUT2D eigenvalue weighted by atomic mass is 16.5. The van der Waals surface area contributed by atoms with Gasteiger partial charge in [0.2, 0.25) is 0 Å². The summed E-state index contributed by atoms with van der Waals surface area (Å²) in [6.07, 6.45) is 0.966. The maximum absolute atomic E-state index is 9.53. The van der Waals surface area contributed by atoms with Crippen molar-refractivity contribution in [3.05, 3.63) is 17.0 Å². The van der Waals surface area contributed by atoms with Crippen molar-refractivity contribution in [2.24, 2.45) is 5.73 Å². The Bertz CT molecular complexity index is 275. The summed E-state index contributed by atoms with van der Waals surface area (Å²) in [4.78, 5) is 0. The Morgan fingerprint density at radius 3 is 2.57 bits per heavy atom. The molecular weight excluding hydrogens is 180 g/mol. The molecule has 0 aromatic carbocycles. The number of hydrogen-bond donors (Lipinski definition) is 2. The molecule has 0 aliphatic rings. The van der Waals surface area contributed by atoms with Crippen LogP contribution in [0.25, 0.3) is 0 Å². The van der Waals surface area contributed by atoms with Crippen LogP contribution >= 0.6 is 0 Å². The van der Waals surface area contributed by atoms with Crippen LogP contribution in [0, 0.1) is 13.8 Å². The predicted molar refractivity (Wildman–Crippen MR) is 54.0 cm³/mol.